The van der Waals surface area contributed by atoms with Crippen molar-refractivity contribution in [2.45, 2.75) is 18.7 Å². The minimum Gasteiger partial charge on any atom is -0.496 e. The third kappa shape index (κ3) is 3.13. The van der Waals surface area contributed by atoms with Crippen LogP contribution in [0.2, 0.25) is 5.02 Å². The van der Waals surface area contributed by atoms with E-state index in [1.165, 1.54) is 11.1 Å². The summed E-state index contributed by atoms with van der Waals surface area (Å²) < 4.78 is 5.44. The molecule has 1 nitrogen and oxygen atoms in total. The molecule has 0 fully saturated rings. The van der Waals surface area contributed by atoms with E-state index in [4.69, 9.17) is 16.3 Å². The summed E-state index contributed by atoms with van der Waals surface area (Å²) in [6.07, 6.45) is 0. The first-order valence-electron chi connectivity index (χ1n) is 6.07. The second-order valence-corrected chi connectivity index (χ2v) is 5.94. The maximum Gasteiger partial charge on any atom is 0.123 e. The number of halogens is 2. The van der Waals surface area contributed by atoms with Crippen molar-refractivity contribution >= 4 is 27.5 Å². The molecule has 2 rings (SSSR count). The molecule has 0 radical (unpaired) electrons. The predicted octanol–water partition coefficient (Wildman–Crippen LogP) is 5.45. The van der Waals surface area contributed by atoms with Crippen molar-refractivity contribution < 1.29 is 4.74 Å². The first-order valence-corrected chi connectivity index (χ1v) is 7.37. The molecule has 0 aliphatic rings. The second-order valence-electron chi connectivity index (χ2n) is 4.62. The molecule has 19 heavy (non-hydrogen) atoms. The first kappa shape index (κ1) is 14.4. The standard InChI is InChI=1S/C16H16BrClO/c1-10-4-7-15(19-3)13(8-10)16(17)12-5-6-14(18)11(2)9-12/h4-9,16H,1-3H3. The van der Waals surface area contributed by atoms with E-state index in [9.17, 15) is 0 Å². The van der Waals surface area contributed by atoms with Crippen LogP contribution in [-0.2, 0) is 0 Å². The topological polar surface area (TPSA) is 9.23 Å². The Morgan fingerprint density at radius 1 is 1.11 bits per heavy atom. The van der Waals surface area contributed by atoms with Gasteiger partial charge in [-0.2, -0.15) is 0 Å². The van der Waals surface area contributed by atoms with Gasteiger partial charge < -0.3 is 4.74 Å². The molecule has 2 aromatic carbocycles. The van der Waals surface area contributed by atoms with Gasteiger partial charge in [-0.3, -0.25) is 0 Å². The van der Waals surface area contributed by atoms with Gasteiger partial charge in [0.15, 0.2) is 0 Å². The van der Waals surface area contributed by atoms with Crippen LogP contribution >= 0.6 is 27.5 Å². The lowest BCUT2D eigenvalue weighted by Gasteiger charge is -2.16. The molecular formula is C16H16BrClO. The van der Waals surface area contributed by atoms with E-state index < -0.39 is 0 Å². The normalized spacial score (nSPS) is 12.3. The lowest BCUT2D eigenvalue weighted by molar-refractivity contribution is 0.410. The molecule has 0 bridgehead atoms. The van der Waals surface area contributed by atoms with Gasteiger partial charge in [-0.05, 0) is 37.1 Å². The minimum atomic E-state index is 0.0957. The van der Waals surface area contributed by atoms with Crippen molar-refractivity contribution in [1.82, 2.24) is 0 Å². The quantitative estimate of drug-likeness (QED) is 0.676. The monoisotopic (exact) mass is 338 g/mol. The number of benzene rings is 2. The lowest BCUT2D eigenvalue weighted by Crippen LogP contribution is -1.98. The van der Waals surface area contributed by atoms with Gasteiger partial charge in [0.05, 0.1) is 11.9 Å². The molecule has 0 heterocycles. The van der Waals surface area contributed by atoms with Gasteiger partial charge in [-0.1, -0.05) is 57.4 Å². The Morgan fingerprint density at radius 3 is 2.47 bits per heavy atom. The summed E-state index contributed by atoms with van der Waals surface area (Å²) in [5.74, 6) is 0.889. The van der Waals surface area contributed by atoms with Crippen LogP contribution in [0.1, 0.15) is 27.1 Å². The van der Waals surface area contributed by atoms with E-state index in [-0.39, 0.29) is 4.83 Å². The van der Waals surface area contributed by atoms with E-state index in [0.717, 1.165) is 21.9 Å². The minimum absolute atomic E-state index is 0.0957. The summed E-state index contributed by atoms with van der Waals surface area (Å²) in [5.41, 5.74) is 4.59. The molecular weight excluding hydrogens is 324 g/mol. The zero-order chi connectivity index (χ0) is 14.0. The van der Waals surface area contributed by atoms with Crippen molar-refractivity contribution in [3.63, 3.8) is 0 Å². The van der Waals surface area contributed by atoms with E-state index in [1.807, 2.05) is 25.1 Å². The van der Waals surface area contributed by atoms with E-state index in [2.05, 4.69) is 41.1 Å². The molecule has 0 saturated carbocycles. The first-order chi connectivity index (χ1) is 9.02. The van der Waals surface area contributed by atoms with Crippen molar-refractivity contribution in [2.24, 2.45) is 0 Å². The van der Waals surface area contributed by atoms with Gasteiger partial charge in [-0.25, -0.2) is 0 Å². The number of ether oxygens (including phenoxy) is 1. The molecule has 0 amide bonds. The van der Waals surface area contributed by atoms with Crippen LogP contribution in [0.4, 0.5) is 0 Å². The number of alkyl halides is 1. The van der Waals surface area contributed by atoms with Crippen molar-refractivity contribution in [3.8, 4) is 5.75 Å². The number of rotatable bonds is 3. The van der Waals surface area contributed by atoms with Crippen LogP contribution in [0.5, 0.6) is 5.75 Å². The molecule has 1 unspecified atom stereocenters. The van der Waals surface area contributed by atoms with Crippen LogP contribution in [0, 0.1) is 13.8 Å². The predicted molar refractivity (Wildman–Crippen MR) is 84.7 cm³/mol. The Balaban J connectivity index is 2.45. The molecule has 0 aliphatic carbocycles. The molecule has 1 atom stereocenters. The third-order valence-corrected chi connectivity index (χ3v) is 4.58. The fourth-order valence-electron chi connectivity index (χ4n) is 2.06. The van der Waals surface area contributed by atoms with Crippen molar-refractivity contribution in [1.29, 1.82) is 0 Å². The molecule has 0 aliphatic heterocycles. The highest BCUT2D eigenvalue weighted by Crippen LogP contribution is 2.38. The number of methoxy groups -OCH3 is 1. The average Bonchev–Trinajstić information content (AvgIpc) is 2.41. The third-order valence-electron chi connectivity index (χ3n) is 3.13. The maximum atomic E-state index is 6.08. The number of aryl methyl sites for hydroxylation is 2. The summed E-state index contributed by atoms with van der Waals surface area (Å²) in [7, 11) is 1.70. The summed E-state index contributed by atoms with van der Waals surface area (Å²) in [6.45, 7) is 4.09. The smallest absolute Gasteiger partial charge is 0.123 e. The summed E-state index contributed by atoms with van der Waals surface area (Å²) in [6, 6.07) is 12.3. The lowest BCUT2D eigenvalue weighted by atomic mass is 10.0. The number of hydrogen-bond acceptors (Lipinski definition) is 1. The zero-order valence-electron chi connectivity index (χ0n) is 11.2. The van der Waals surface area contributed by atoms with Crippen molar-refractivity contribution in [3.05, 3.63) is 63.7 Å². The Labute approximate surface area is 127 Å². The highest BCUT2D eigenvalue weighted by Gasteiger charge is 2.16. The molecule has 0 spiro atoms. The Hall–Kier alpha value is -0.990. The van der Waals surface area contributed by atoms with Crippen LogP contribution in [0.25, 0.3) is 0 Å². The molecule has 100 valence electrons. The zero-order valence-corrected chi connectivity index (χ0v) is 13.5. The van der Waals surface area contributed by atoms with Crippen molar-refractivity contribution in [2.75, 3.05) is 7.11 Å². The van der Waals surface area contributed by atoms with Crippen LogP contribution < -0.4 is 4.74 Å². The molecule has 0 aromatic heterocycles. The van der Waals surface area contributed by atoms with E-state index >= 15 is 0 Å². The van der Waals surface area contributed by atoms with Gasteiger partial charge >= 0.3 is 0 Å². The summed E-state index contributed by atoms with van der Waals surface area (Å²) in [5, 5.41) is 0.791. The molecule has 0 saturated heterocycles. The summed E-state index contributed by atoms with van der Waals surface area (Å²) >= 11 is 9.83. The van der Waals surface area contributed by atoms with Gasteiger partial charge in [-0.15, -0.1) is 0 Å². The van der Waals surface area contributed by atoms with Gasteiger partial charge in [0.1, 0.15) is 5.75 Å². The highest BCUT2D eigenvalue weighted by atomic mass is 79.9. The van der Waals surface area contributed by atoms with Crippen LogP contribution in [0.3, 0.4) is 0 Å². The van der Waals surface area contributed by atoms with Crippen LogP contribution in [-0.4, -0.2) is 7.11 Å². The molecule has 2 aromatic rings. The van der Waals surface area contributed by atoms with Gasteiger partial charge in [0, 0.05) is 10.6 Å². The Kier molecular flexibility index (Phi) is 4.54. The van der Waals surface area contributed by atoms with E-state index in [0.29, 0.717) is 0 Å². The Morgan fingerprint density at radius 2 is 1.84 bits per heavy atom. The highest BCUT2D eigenvalue weighted by molar-refractivity contribution is 9.09. The van der Waals surface area contributed by atoms with Crippen LogP contribution in [0.15, 0.2) is 36.4 Å². The largest absolute Gasteiger partial charge is 0.496 e. The average molecular weight is 340 g/mol. The SMILES string of the molecule is COc1ccc(C)cc1C(Br)c1ccc(Cl)c(C)c1. The number of hydrogen-bond donors (Lipinski definition) is 0. The van der Waals surface area contributed by atoms with E-state index in [1.54, 1.807) is 7.11 Å². The Bertz CT molecular complexity index is 595. The fraction of sp³-hybridized carbons (Fsp3) is 0.250. The van der Waals surface area contributed by atoms with Gasteiger partial charge in [0.25, 0.3) is 0 Å². The summed E-state index contributed by atoms with van der Waals surface area (Å²) in [4.78, 5) is 0.0957. The van der Waals surface area contributed by atoms with Gasteiger partial charge in [0.2, 0.25) is 0 Å². The second kappa shape index (κ2) is 5.98. The fourth-order valence-corrected chi connectivity index (χ4v) is 2.82. The maximum absolute atomic E-state index is 6.08. The molecule has 0 N–H and O–H groups in total. The molecule has 3 heteroatoms.